The molecular formula is C7H14N4. The van der Waals surface area contributed by atoms with Gasteiger partial charge in [0, 0.05) is 6.04 Å². The lowest BCUT2D eigenvalue weighted by atomic mass is 10.4. The van der Waals surface area contributed by atoms with Crippen LogP contribution in [0.3, 0.4) is 0 Å². The molecule has 0 saturated carbocycles. The van der Waals surface area contributed by atoms with Crippen molar-refractivity contribution in [3.8, 4) is 0 Å². The first-order valence-corrected chi connectivity index (χ1v) is 3.78. The van der Waals surface area contributed by atoms with E-state index in [0.717, 1.165) is 12.4 Å². The van der Waals surface area contributed by atoms with Crippen LogP contribution in [0.5, 0.6) is 0 Å². The third kappa shape index (κ3) is 1.77. The minimum atomic E-state index is 0.438. The van der Waals surface area contributed by atoms with Gasteiger partial charge in [0.05, 0.1) is 6.54 Å². The zero-order valence-electron chi connectivity index (χ0n) is 7.20. The summed E-state index contributed by atoms with van der Waals surface area (Å²) in [5.74, 6) is 0.988. The standard InChI is InChI=1S/C7H14N4/c1-6(2)11-5-9-10-7(11)4-8-3/h5-6,8H,4H2,1-3H3. The van der Waals surface area contributed by atoms with Crippen molar-refractivity contribution in [3.05, 3.63) is 12.2 Å². The molecule has 0 radical (unpaired) electrons. The molecule has 0 saturated heterocycles. The van der Waals surface area contributed by atoms with Crippen molar-refractivity contribution < 1.29 is 0 Å². The van der Waals surface area contributed by atoms with Crippen LogP contribution in [0.2, 0.25) is 0 Å². The normalized spacial score (nSPS) is 10.9. The summed E-state index contributed by atoms with van der Waals surface area (Å²) in [5.41, 5.74) is 0. The van der Waals surface area contributed by atoms with Crippen LogP contribution >= 0.6 is 0 Å². The maximum Gasteiger partial charge on any atom is 0.147 e. The smallest absolute Gasteiger partial charge is 0.147 e. The van der Waals surface area contributed by atoms with Crippen LogP contribution in [0, 0.1) is 0 Å². The molecule has 1 aromatic heterocycles. The summed E-state index contributed by atoms with van der Waals surface area (Å²) in [6.07, 6.45) is 1.76. The predicted molar refractivity (Wildman–Crippen MR) is 43.2 cm³/mol. The number of nitrogens with zero attached hydrogens (tertiary/aromatic N) is 3. The van der Waals surface area contributed by atoms with Gasteiger partial charge in [0.25, 0.3) is 0 Å². The van der Waals surface area contributed by atoms with Gasteiger partial charge >= 0.3 is 0 Å². The van der Waals surface area contributed by atoms with Crippen LogP contribution in [-0.2, 0) is 6.54 Å². The quantitative estimate of drug-likeness (QED) is 0.692. The summed E-state index contributed by atoms with van der Waals surface area (Å²) < 4.78 is 2.05. The lowest BCUT2D eigenvalue weighted by Crippen LogP contribution is -2.13. The molecule has 0 bridgehead atoms. The van der Waals surface area contributed by atoms with Gasteiger partial charge in [-0.3, -0.25) is 0 Å². The van der Waals surface area contributed by atoms with Crippen LogP contribution in [0.1, 0.15) is 25.7 Å². The summed E-state index contributed by atoms with van der Waals surface area (Å²) in [6.45, 7) is 5.00. The molecular weight excluding hydrogens is 140 g/mol. The molecule has 0 aliphatic heterocycles. The van der Waals surface area contributed by atoms with E-state index in [4.69, 9.17) is 0 Å². The second-order valence-electron chi connectivity index (χ2n) is 2.78. The molecule has 62 valence electrons. The number of rotatable bonds is 3. The number of nitrogens with one attached hydrogen (secondary N) is 1. The monoisotopic (exact) mass is 154 g/mol. The van der Waals surface area contributed by atoms with E-state index in [9.17, 15) is 0 Å². The zero-order valence-corrected chi connectivity index (χ0v) is 7.20. The van der Waals surface area contributed by atoms with Gasteiger partial charge in [-0.1, -0.05) is 0 Å². The SMILES string of the molecule is CNCc1nncn1C(C)C. The Hall–Kier alpha value is -0.900. The van der Waals surface area contributed by atoms with E-state index in [2.05, 4.69) is 33.9 Å². The Labute approximate surface area is 66.6 Å². The van der Waals surface area contributed by atoms with Gasteiger partial charge in [-0.2, -0.15) is 0 Å². The predicted octanol–water partition coefficient (Wildman–Crippen LogP) is 0.578. The number of aromatic nitrogens is 3. The van der Waals surface area contributed by atoms with Gasteiger partial charge in [-0.25, -0.2) is 0 Å². The van der Waals surface area contributed by atoms with Gasteiger partial charge in [-0.05, 0) is 20.9 Å². The summed E-state index contributed by atoms with van der Waals surface area (Å²) in [5, 5.41) is 10.9. The lowest BCUT2D eigenvalue weighted by Gasteiger charge is -2.08. The lowest BCUT2D eigenvalue weighted by molar-refractivity contribution is 0.555. The van der Waals surface area contributed by atoms with Crippen LogP contribution in [0.25, 0.3) is 0 Å². The molecule has 0 aliphatic carbocycles. The van der Waals surface area contributed by atoms with Crippen molar-refractivity contribution in [3.63, 3.8) is 0 Å². The van der Waals surface area contributed by atoms with E-state index in [0.29, 0.717) is 6.04 Å². The molecule has 1 rings (SSSR count). The average Bonchev–Trinajstić information content (AvgIpc) is 2.36. The second-order valence-corrected chi connectivity index (χ2v) is 2.78. The molecule has 0 aromatic carbocycles. The Morgan fingerprint density at radius 2 is 2.36 bits per heavy atom. The minimum absolute atomic E-state index is 0.438. The Kier molecular flexibility index (Phi) is 2.59. The maximum atomic E-state index is 3.98. The van der Waals surface area contributed by atoms with E-state index < -0.39 is 0 Å². The highest BCUT2D eigenvalue weighted by Gasteiger charge is 2.04. The molecule has 0 spiro atoms. The Bertz CT molecular complexity index is 216. The fourth-order valence-electron chi connectivity index (χ4n) is 0.983. The van der Waals surface area contributed by atoms with E-state index in [1.165, 1.54) is 0 Å². The highest BCUT2D eigenvalue weighted by atomic mass is 15.3. The third-order valence-electron chi connectivity index (χ3n) is 1.54. The Morgan fingerprint density at radius 1 is 1.64 bits per heavy atom. The van der Waals surface area contributed by atoms with E-state index in [1.807, 2.05) is 7.05 Å². The van der Waals surface area contributed by atoms with Crippen molar-refractivity contribution in [1.82, 2.24) is 20.1 Å². The molecule has 0 amide bonds. The summed E-state index contributed by atoms with van der Waals surface area (Å²) in [7, 11) is 1.90. The van der Waals surface area contributed by atoms with E-state index in [1.54, 1.807) is 6.33 Å². The maximum absolute atomic E-state index is 3.98. The first-order chi connectivity index (χ1) is 5.25. The van der Waals surface area contributed by atoms with Crippen molar-refractivity contribution in [1.29, 1.82) is 0 Å². The van der Waals surface area contributed by atoms with Gasteiger partial charge in [0.1, 0.15) is 12.2 Å². The summed E-state index contributed by atoms with van der Waals surface area (Å²) in [6, 6.07) is 0.438. The fourth-order valence-corrected chi connectivity index (χ4v) is 0.983. The highest BCUT2D eigenvalue weighted by molar-refractivity contribution is 4.86. The average molecular weight is 154 g/mol. The zero-order chi connectivity index (χ0) is 8.27. The van der Waals surface area contributed by atoms with Gasteiger partial charge in [0.15, 0.2) is 0 Å². The van der Waals surface area contributed by atoms with Gasteiger partial charge < -0.3 is 9.88 Å². The first-order valence-electron chi connectivity index (χ1n) is 3.78. The second kappa shape index (κ2) is 3.48. The van der Waals surface area contributed by atoms with Crippen molar-refractivity contribution in [2.75, 3.05) is 7.05 Å². The summed E-state index contributed by atoms with van der Waals surface area (Å²) in [4.78, 5) is 0. The molecule has 4 nitrogen and oxygen atoms in total. The largest absolute Gasteiger partial charge is 0.314 e. The fraction of sp³-hybridized carbons (Fsp3) is 0.714. The number of hydrogen-bond acceptors (Lipinski definition) is 3. The molecule has 11 heavy (non-hydrogen) atoms. The minimum Gasteiger partial charge on any atom is -0.314 e. The topological polar surface area (TPSA) is 42.7 Å². The molecule has 0 atom stereocenters. The van der Waals surface area contributed by atoms with E-state index in [-0.39, 0.29) is 0 Å². The van der Waals surface area contributed by atoms with Gasteiger partial charge in [-0.15, -0.1) is 10.2 Å². The first kappa shape index (κ1) is 8.20. The van der Waals surface area contributed by atoms with Crippen LogP contribution < -0.4 is 5.32 Å². The van der Waals surface area contributed by atoms with Crippen LogP contribution in [0.15, 0.2) is 6.33 Å². The molecule has 1 aromatic rings. The molecule has 0 fully saturated rings. The van der Waals surface area contributed by atoms with Crippen molar-refractivity contribution in [2.45, 2.75) is 26.4 Å². The summed E-state index contributed by atoms with van der Waals surface area (Å²) >= 11 is 0. The third-order valence-corrected chi connectivity index (χ3v) is 1.54. The van der Waals surface area contributed by atoms with Crippen LogP contribution in [0.4, 0.5) is 0 Å². The van der Waals surface area contributed by atoms with E-state index >= 15 is 0 Å². The molecule has 1 heterocycles. The Balaban J connectivity index is 2.78. The van der Waals surface area contributed by atoms with Gasteiger partial charge in [0.2, 0.25) is 0 Å². The van der Waals surface area contributed by atoms with Crippen LogP contribution in [-0.4, -0.2) is 21.8 Å². The van der Waals surface area contributed by atoms with Crippen molar-refractivity contribution in [2.24, 2.45) is 0 Å². The molecule has 1 N–H and O–H groups in total. The molecule has 0 aliphatic rings. The van der Waals surface area contributed by atoms with Crippen molar-refractivity contribution >= 4 is 0 Å². The molecule has 4 heteroatoms. The number of hydrogen-bond donors (Lipinski definition) is 1. The Morgan fingerprint density at radius 3 is 2.91 bits per heavy atom. The highest BCUT2D eigenvalue weighted by Crippen LogP contribution is 2.05. The molecule has 0 unspecified atom stereocenters.